The van der Waals surface area contributed by atoms with Gasteiger partial charge in [-0.25, -0.2) is 0 Å². The monoisotopic (exact) mass is 316 g/mol. The van der Waals surface area contributed by atoms with Crippen LogP contribution in [0.15, 0.2) is 28.4 Å². The highest BCUT2D eigenvalue weighted by Crippen LogP contribution is 2.27. The summed E-state index contributed by atoms with van der Waals surface area (Å²) in [5.41, 5.74) is 3.80. The molecule has 0 radical (unpaired) electrons. The second kappa shape index (κ2) is 6.96. The van der Waals surface area contributed by atoms with Crippen molar-refractivity contribution in [1.82, 2.24) is 5.32 Å². The van der Waals surface area contributed by atoms with E-state index in [4.69, 9.17) is 0 Å². The first kappa shape index (κ1) is 15.1. The van der Waals surface area contributed by atoms with Gasteiger partial charge in [-0.05, 0) is 42.5 Å². The van der Waals surface area contributed by atoms with Gasteiger partial charge in [0, 0.05) is 18.8 Å². The van der Waals surface area contributed by atoms with Gasteiger partial charge in [0.15, 0.2) is 5.17 Å². The molecule has 1 N–H and O–H groups in total. The van der Waals surface area contributed by atoms with E-state index in [0.717, 1.165) is 25.1 Å². The summed E-state index contributed by atoms with van der Waals surface area (Å²) in [6, 6.07) is 6.46. The molecule has 3 rings (SSSR count). The Morgan fingerprint density at radius 3 is 3.14 bits per heavy atom. The molecule has 0 bridgehead atoms. The third kappa shape index (κ3) is 3.50. The molecule has 2 aliphatic rings. The van der Waals surface area contributed by atoms with Gasteiger partial charge in [0.25, 0.3) is 0 Å². The van der Waals surface area contributed by atoms with E-state index in [1.54, 1.807) is 6.21 Å². The highest BCUT2D eigenvalue weighted by molar-refractivity contribution is 8.15. The average molecular weight is 316 g/mol. The molecule has 2 heterocycles. The molecular weight excluding hydrogens is 296 g/mol. The number of amidine groups is 1. The van der Waals surface area contributed by atoms with Crippen molar-refractivity contribution in [3.63, 3.8) is 0 Å². The zero-order valence-electron chi connectivity index (χ0n) is 12.7. The molecule has 2 aliphatic heterocycles. The summed E-state index contributed by atoms with van der Waals surface area (Å²) in [6.07, 6.45) is 5.25. The van der Waals surface area contributed by atoms with Crippen LogP contribution in [0.25, 0.3) is 0 Å². The first-order valence-corrected chi connectivity index (χ1v) is 8.66. The van der Waals surface area contributed by atoms with Crippen LogP contribution >= 0.6 is 11.8 Å². The minimum atomic E-state index is -0.0104. The van der Waals surface area contributed by atoms with Gasteiger partial charge < -0.3 is 10.2 Å². The largest absolute Gasteiger partial charge is 0.371 e. The number of anilines is 1. The van der Waals surface area contributed by atoms with E-state index in [2.05, 4.69) is 45.5 Å². The fraction of sp³-hybridized carbons (Fsp3) is 0.438. The van der Waals surface area contributed by atoms with E-state index < -0.39 is 0 Å². The molecule has 0 aliphatic carbocycles. The molecule has 1 amide bonds. The maximum atomic E-state index is 11.1. The molecule has 0 saturated carbocycles. The van der Waals surface area contributed by atoms with Crippen LogP contribution in [-0.2, 0) is 11.2 Å². The van der Waals surface area contributed by atoms with Gasteiger partial charge in [-0.2, -0.15) is 5.10 Å². The first-order chi connectivity index (χ1) is 10.8. The van der Waals surface area contributed by atoms with E-state index in [1.165, 1.54) is 35.9 Å². The summed E-state index contributed by atoms with van der Waals surface area (Å²) >= 11 is 1.38. The third-order valence-electron chi connectivity index (χ3n) is 3.75. The minimum absolute atomic E-state index is 0.0104. The number of aryl methyl sites for hydroxylation is 1. The quantitative estimate of drug-likeness (QED) is 0.685. The van der Waals surface area contributed by atoms with Crippen molar-refractivity contribution in [2.24, 2.45) is 10.2 Å². The Morgan fingerprint density at radius 2 is 2.36 bits per heavy atom. The highest BCUT2D eigenvalue weighted by Gasteiger charge is 2.17. The molecule has 0 atom stereocenters. The van der Waals surface area contributed by atoms with Crippen LogP contribution in [0, 0.1) is 0 Å². The van der Waals surface area contributed by atoms with Gasteiger partial charge in [0.2, 0.25) is 5.91 Å². The number of thioether (sulfide) groups is 1. The van der Waals surface area contributed by atoms with Crippen molar-refractivity contribution in [3.05, 3.63) is 29.3 Å². The standard InChI is InChI=1S/C16H20N4OS/c1-2-7-20-8-3-4-13-9-12(5-6-14(13)20)10-17-19-16-18-15(21)11-22-16/h5-6,9-10H,2-4,7-8,11H2,1H3,(H,18,19,21). The number of carbonyl (C=O) groups is 1. The van der Waals surface area contributed by atoms with Crippen LogP contribution in [0.1, 0.15) is 30.9 Å². The van der Waals surface area contributed by atoms with Gasteiger partial charge in [-0.3, -0.25) is 4.79 Å². The van der Waals surface area contributed by atoms with E-state index in [1.807, 2.05) is 0 Å². The van der Waals surface area contributed by atoms with Crippen LogP contribution in [-0.4, -0.2) is 36.1 Å². The number of nitrogens with one attached hydrogen (secondary N) is 1. The molecule has 116 valence electrons. The molecule has 1 saturated heterocycles. The van der Waals surface area contributed by atoms with Crippen molar-refractivity contribution in [2.45, 2.75) is 26.2 Å². The van der Waals surface area contributed by atoms with Gasteiger partial charge in [0.05, 0.1) is 12.0 Å². The summed E-state index contributed by atoms with van der Waals surface area (Å²) in [5, 5.41) is 11.3. The number of hydrogen-bond donors (Lipinski definition) is 1. The Hall–Kier alpha value is -1.82. The molecule has 0 unspecified atom stereocenters. The molecule has 6 heteroatoms. The maximum Gasteiger partial charge on any atom is 0.236 e. The lowest BCUT2D eigenvalue weighted by molar-refractivity contribution is -0.116. The maximum absolute atomic E-state index is 11.1. The number of benzene rings is 1. The number of carbonyl (C=O) groups excluding carboxylic acids is 1. The molecule has 1 aromatic carbocycles. The Morgan fingerprint density at radius 1 is 1.45 bits per heavy atom. The number of rotatable bonds is 4. The van der Waals surface area contributed by atoms with E-state index in [0.29, 0.717) is 10.9 Å². The van der Waals surface area contributed by atoms with E-state index >= 15 is 0 Å². The Balaban J connectivity index is 1.72. The van der Waals surface area contributed by atoms with Crippen molar-refractivity contribution >= 4 is 34.7 Å². The fourth-order valence-electron chi connectivity index (χ4n) is 2.80. The van der Waals surface area contributed by atoms with Gasteiger partial charge in [0.1, 0.15) is 0 Å². The van der Waals surface area contributed by atoms with Gasteiger partial charge in [-0.15, -0.1) is 5.10 Å². The summed E-state index contributed by atoms with van der Waals surface area (Å²) < 4.78 is 0. The normalized spacial score (nSPS) is 19.8. The summed E-state index contributed by atoms with van der Waals surface area (Å²) in [7, 11) is 0. The molecule has 5 nitrogen and oxygen atoms in total. The number of nitrogens with zero attached hydrogens (tertiary/aromatic N) is 3. The lowest BCUT2D eigenvalue weighted by Crippen LogP contribution is -2.30. The highest BCUT2D eigenvalue weighted by atomic mass is 32.2. The lowest BCUT2D eigenvalue weighted by Gasteiger charge is -2.31. The van der Waals surface area contributed by atoms with Crippen LogP contribution in [0.4, 0.5) is 5.69 Å². The Labute approximate surface area is 134 Å². The van der Waals surface area contributed by atoms with Crippen molar-refractivity contribution < 1.29 is 4.79 Å². The smallest absolute Gasteiger partial charge is 0.236 e. The average Bonchev–Trinajstić information content (AvgIpc) is 2.93. The Kier molecular flexibility index (Phi) is 4.77. The molecule has 1 aromatic rings. The number of fused-ring (bicyclic) bond motifs is 1. The molecule has 22 heavy (non-hydrogen) atoms. The molecule has 0 aromatic heterocycles. The van der Waals surface area contributed by atoms with Crippen LogP contribution in [0.3, 0.4) is 0 Å². The first-order valence-electron chi connectivity index (χ1n) is 7.68. The van der Waals surface area contributed by atoms with Crippen molar-refractivity contribution in [3.8, 4) is 0 Å². The molecular formula is C16H20N4OS. The van der Waals surface area contributed by atoms with Gasteiger partial charge >= 0.3 is 0 Å². The summed E-state index contributed by atoms with van der Waals surface area (Å²) in [5.74, 6) is 0.421. The van der Waals surface area contributed by atoms with Crippen molar-refractivity contribution in [2.75, 3.05) is 23.7 Å². The summed E-state index contributed by atoms with van der Waals surface area (Å²) in [6.45, 7) is 4.48. The van der Waals surface area contributed by atoms with E-state index in [-0.39, 0.29) is 5.91 Å². The fourth-order valence-corrected chi connectivity index (χ4v) is 3.44. The lowest BCUT2D eigenvalue weighted by atomic mass is 9.99. The van der Waals surface area contributed by atoms with Gasteiger partial charge in [-0.1, -0.05) is 24.8 Å². The number of hydrogen-bond acceptors (Lipinski definition) is 5. The zero-order chi connectivity index (χ0) is 15.4. The van der Waals surface area contributed by atoms with Crippen LogP contribution < -0.4 is 10.2 Å². The second-order valence-corrected chi connectivity index (χ2v) is 6.43. The molecule has 0 spiro atoms. The Bertz CT molecular complexity index is 627. The summed E-state index contributed by atoms with van der Waals surface area (Å²) in [4.78, 5) is 13.5. The second-order valence-electron chi connectivity index (χ2n) is 5.47. The topological polar surface area (TPSA) is 57.1 Å². The van der Waals surface area contributed by atoms with E-state index in [9.17, 15) is 4.79 Å². The predicted octanol–water partition coefficient (Wildman–Crippen LogP) is 2.40. The van der Waals surface area contributed by atoms with Crippen LogP contribution in [0.5, 0.6) is 0 Å². The third-order valence-corrected chi connectivity index (χ3v) is 4.62. The zero-order valence-corrected chi connectivity index (χ0v) is 13.5. The van der Waals surface area contributed by atoms with Crippen molar-refractivity contribution in [1.29, 1.82) is 0 Å². The minimum Gasteiger partial charge on any atom is -0.371 e. The van der Waals surface area contributed by atoms with Crippen LogP contribution in [0.2, 0.25) is 0 Å². The molecule has 1 fully saturated rings. The SMILES string of the molecule is CCCN1CCCc2cc(C=NN=C3NC(=O)CS3)ccc21. The predicted molar refractivity (Wildman–Crippen MR) is 92.9 cm³/mol. The number of amides is 1.